The molecule has 0 radical (unpaired) electrons. The lowest BCUT2D eigenvalue weighted by Crippen LogP contribution is -2.51. The third-order valence-corrected chi connectivity index (χ3v) is 7.33. The van der Waals surface area contributed by atoms with Crippen molar-refractivity contribution in [3.05, 3.63) is 23.5 Å². The van der Waals surface area contributed by atoms with Crippen molar-refractivity contribution >= 4 is 23.3 Å². The zero-order valence-electron chi connectivity index (χ0n) is 20.1. The minimum atomic E-state index is -0.358. The van der Waals surface area contributed by atoms with Gasteiger partial charge in [-0.25, -0.2) is 9.50 Å². The number of ether oxygens (including phenoxy) is 1. The summed E-state index contributed by atoms with van der Waals surface area (Å²) in [5.74, 6) is 0.943. The third kappa shape index (κ3) is 4.61. The Morgan fingerprint density at radius 3 is 2.76 bits per heavy atom. The lowest BCUT2D eigenvalue weighted by molar-refractivity contribution is -0.141. The highest BCUT2D eigenvalue weighted by Gasteiger charge is 2.41. The summed E-state index contributed by atoms with van der Waals surface area (Å²) in [6.07, 6.45) is 7.90. The van der Waals surface area contributed by atoms with Crippen LogP contribution in [0.5, 0.6) is 0 Å². The molecule has 3 atom stereocenters. The van der Waals surface area contributed by atoms with E-state index in [-0.39, 0.29) is 42.5 Å². The molecule has 1 amide bonds. The molecule has 34 heavy (non-hydrogen) atoms. The number of fused-ring (bicyclic) bond motifs is 1. The van der Waals surface area contributed by atoms with Gasteiger partial charge < -0.3 is 20.3 Å². The van der Waals surface area contributed by atoms with E-state index in [0.29, 0.717) is 6.54 Å². The average molecular weight is 470 g/mol. The molecule has 5 rings (SSSR count). The number of carbonyl (C=O) groups excluding carboxylic acids is 2. The number of methoxy groups -OCH3 is 1. The zero-order chi connectivity index (χ0) is 23.8. The molecule has 184 valence electrons. The van der Waals surface area contributed by atoms with Gasteiger partial charge in [-0.3, -0.25) is 14.9 Å². The molecule has 3 N–H and O–H groups in total. The Labute approximate surface area is 199 Å². The van der Waals surface area contributed by atoms with Crippen molar-refractivity contribution in [3.63, 3.8) is 0 Å². The molecule has 3 unspecified atom stereocenters. The number of anilines is 1. The number of hydrogen-bond donors (Lipinski definition) is 2. The zero-order valence-corrected chi connectivity index (χ0v) is 20.1. The minimum Gasteiger partial charge on any atom is -0.468 e. The summed E-state index contributed by atoms with van der Waals surface area (Å²) < 4.78 is 6.58. The van der Waals surface area contributed by atoms with Gasteiger partial charge in [-0.1, -0.05) is 0 Å². The first kappa shape index (κ1) is 23.0. The Kier molecular flexibility index (Phi) is 6.44. The Balaban J connectivity index is 1.39. The van der Waals surface area contributed by atoms with Gasteiger partial charge in [0.15, 0.2) is 5.65 Å². The van der Waals surface area contributed by atoms with Crippen molar-refractivity contribution in [2.45, 2.75) is 63.6 Å². The van der Waals surface area contributed by atoms with E-state index in [4.69, 9.17) is 20.6 Å². The van der Waals surface area contributed by atoms with Gasteiger partial charge in [0.1, 0.15) is 5.82 Å². The number of nitrogens with two attached hydrogens (primary N) is 1. The molecule has 3 fully saturated rings. The smallest absolute Gasteiger partial charge is 0.319 e. The standard InChI is InChI=1S/C24H35N7O3/c1-15-13-31-20(27-23(15)29-10-8-17(25)14-29)11-18(28-31)19-5-3-4-9-30(19)24(33)22(16-6-7-16)26-12-21(32)34-2/h11,13,16-17,19,22,26H,3-10,12,14,25H2,1-2H3. The van der Waals surface area contributed by atoms with Gasteiger partial charge in [-0.15, -0.1) is 0 Å². The first-order valence-electron chi connectivity index (χ1n) is 12.4. The maximum atomic E-state index is 13.6. The van der Waals surface area contributed by atoms with Gasteiger partial charge >= 0.3 is 5.97 Å². The van der Waals surface area contributed by atoms with E-state index in [2.05, 4.69) is 17.1 Å². The summed E-state index contributed by atoms with van der Waals surface area (Å²) in [5, 5.41) is 8.00. The highest BCUT2D eigenvalue weighted by atomic mass is 16.5. The largest absolute Gasteiger partial charge is 0.468 e. The first-order chi connectivity index (χ1) is 16.4. The SMILES string of the molecule is COC(=O)CNC(C(=O)N1CCCCC1c1cc2nc(N3CCC(N)C3)c(C)cn2n1)C1CC1. The maximum absolute atomic E-state index is 13.6. The topological polar surface area (TPSA) is 118 Å². The van der Waals surface area contributed by atoms with Gasteiger partial charge in [-0.05, 0) is 51.4 Å². The number of esters is 1. The second kappa shape index (κ2) is 9.50. The molecule has 10 nitrogen and oxygen atoms in total. The predicted molar refractivity (Wildman–Crippen MR) is 127 cm³/mol. The molecule has 2 aromatic rings. The lowest BCUT2D eigenvalue weighted by Gasteiger charge is -2.37. The molecule has 2 aliphatic heterocycles. The van der Waals surface area contributed by atoms with E-state index >= 15 is 0 Å². The van der Waals surface area contributed by atoms with Crippen LogP contribution in [-0.2, 0) is 14.3 Å². The fourth-order valence-electron chi connectivity index (χ4n) is 5.31. The summed E-state index contributed by atoms with van der Waals surface area (Å²) >= 11 is 0. The number of piperidine rings is 1. The number of amides is 1. The van der Waals surface area contributed by atoms with Crippen LogP contribution in [0.15, 0.2) is 12.3 Å². The monoisotopic (exact) mass is 469 g/mol. The molecule has 2 aromatic heterocycles. The minimum absolute atomic E-state index is 0.0441. The van der Waals surface area contributed by atoms with E-state index < -0.39 is 0 Å². The summed E-state index contributed by atoms with van der Waals surface area (Å²) in [4.78, 5) is 34.4. The van der Waals surface area contributed by atoms with E-state index in [1.165, 1.54) is 7.11 Å². The first-order valence-corrected chi connectivity index (χ1v) is 12.4. The van der Waals surface area contributed by atoms with Crippen LogP contribution in [0.4, 0.5) is 5.82 Å². The molecule has 0 bridgehead atoms. The number of aromatic nitrogens is 3. The number of nitrogens with one attached hydrogen (secondary N) is 1. The van der Waals surface area contributed by atoms with Crippen molar-refractivity contribution in [1.82, 2.24) is 24.8 Å². The molecular weight excluding hydrogens is 434 g/mol. The summed E-state index contributed by atoms with van der Waals surface area (Å²) in [6.45, 7) is 4.53. The second-order valence-electron chi connectivity index (χ2n) is 9.93. The van der Waals surface area contributed by atoms with Crippen LogP contribution in [-0.4, -0.2) is 76.7 Å². The Hall–Kier alpha value is -2.72. The van der Waals surface area contributed by atoms with Crippen LogP contribution < -0.4 is 16.0 Å². The molecular formula is C24H35N7O3. The molecule has 0 aromatic carbocycles. The quantitative estimate of drug-likeness (QED) is 0.580. The summed E-state index contributed by atoms with van der Waals surface area (Å²) in [5.41, 5.74) is 8.84. The second-order valence-corrected chi connectivity index (χ2v) is 9.93. The van der Waals surface area contributed by atoms with Crippen LogP contribution in [0, 0.1) is 12.8 Å². The number of rotatable bonds is 7. The maximum Gasteiger partial charge on any atom is 0.319 e. The van der Waals surface area contributed by atoms with Gasteiger partial charge in [0, 0.05) is 43.5 Å². The molecule has 0 spiro atoms. The van der Waals surface area contributed by atoms with Crippen LogP contribution >= 0.6 is 0 Å². The molecule has 2 saturated heterocycles. The third-order valence-electron chi connectivity index (χ3n) is 7.33. The fraction of sp³-hybridized carbons (Fsp3) is 0.667. The molecule has 3 aliphatic rings. The Morgan fingerprint density at radius 2 is 2.06 bits per heavy atom. The van der Waals surface area contributed by atoms with E-state index in [9.17, 15) is 9.59 Å². The summed E-state index contributed by atoms with van der Waals surface area (Å²) in [7, 11) is 1.36. The molecule has 1 saturated carbocycles. The van der Waals surface area contributed by atoms with Crippen LogP contribution in [0.25, 0.3) is 5.65 Å². The Bertz CT molecular complexity index is 1070. The lowest BCUT2D eigenvalue weighted by atomic mass is 9.97. The van der Waals surface area contributed by atoms with Gasteiger partial charge in [0.05, 0.1) is 31.4 Å². The number of carbonyl (C=O) groups is 2. The summed E-state index contributed by atoms with van der Waals surface area (Å²) in [6, 6.07) is 1.76. The predicted octanol–water partition coefficient (Wildman–Crippen LogP) is 1.17. The number of aryl methyl sites for hydroxylation is 1. The van der Waals surface area contributed by atoms with Gasteiger partial charge in [-0.2, -0.15) is 5.10 Å². The highest BCUT2D eigenvalue weighted by molar-refractivity contribution is 5.84. The van der Waals surface area contributed by atoms with Crippen LogP contribution in [0.1, 0.15) is 55.8 Å². The van der Waals surface area contributed by atoms with Crippen LogP contribution in [0.2, 0.25) is 0 Å². The highest BCUT2D eigenvalue weighted by Crippen LogP contribution is 2.37. The van der Waals surface area contributed by atoms with Crippen molar-refractivity contribution in [2.75, 3.05) is 38.2 Å². The normalized spacial score (nSPS) is 24.0. The molecule has 1 aliphatic carbocycles. The van der Waals surface area contributed by atoms with Crippen molar-refractivity contribution in [3.8, 4) is 0 Å². The van der Waals surface area contributed by atoms with E-state index in [1.54, 1.807) is 0 Å². The van der Waals surface area contributed by atoms with E-state index in [1.807, 2.05) is 21.7 Å². The van der Waals surface area contributed by atoms with Gasteiger partial charge in [0.2, 0.25) is 5.91 Å². The molecule has 4 heterocycles. The number of hydrogen-bond acceptors (Lipinski definition) is 8. The average Bonchev–Trinajstić information content (AvgIpc) is 3.45. The number of nitrogens with zero attached hydrogens (tertiary/aromatic N) is 5. The van der Waals surface area contributed by atoms with Crippen molar-refractivity contribution < 1.29 is 14.3 Å². The fourth-order valence-corrected chi connectivity index (χ4v) is 5.31. The number of likely N-dealkylation sites (tertiary alicyclic amines) is 1. The van der Waals surface area contributed by atoms with Crippen LogP contribution in [0.3, 0.4) is 0 Å². The van der Waals surface area contributed by atoms with Crippen molar-refractivity contribution in [2.24, 2.45) is 11.7 Å². The van der Waals surface area contributed by atoms with Gasteiger partial charge in [0.25, 0.3) is 0 Å². The molecule has 10 heteroatoms. The Morgan fingerprint density at radius 1 is 1.24 bits per heavy atom. The van der Waals surface area contributed by atoms with E-state index in [0.717, 1.165) is 74.3 Å². The van der Waals surface area contributed by atoms with Crippen molar-refractivity contribution in [1.29, 1.82) is 0 Å².